The van der Waals surface area contributed by atoms with Crippen LogP contribution in [0.15, 0.2) is 23.5 Å². The molecule has 0 saturated heterocycles. The fourth-order valence-corrected chi connectivity index (χ4v) is 3.26. The number of nitrogens with one attached hydrogen (secondary N) is 1. The highest BCUT2D eigenvalue weighted by atomic mass is 14.9. The first-order valence-corrected chi connectivity index (χ1v) is 6.60. The fraction of sp³-hybridized carbons (Fsp3) is 0.643. The lowest BCUT2D eigenvalue weighted by Crippen LogP contribution is -2.15. The van der Waals surface area contributed by atoms with E-state index in [1.807, 2.05) is 18.0 Å². The number of hydrogen-bond acceptors (Lipinski definition) is 1. The third-order valence-corrected chi connectivity index (χ3v) is 4.13. The maximum Gasteiger partial charge on any atom is 0.106 e. The van der Waals surface area contributed by atoms with E-state index in [9.17, 15) is 0 Å². The minimum atomic E-state index is 0.836. The van der Waals surface area contributed by atoms with Crippen molar-refractivity contribution in [3.63, 3.8) is 0 Å². The maximum absolute atomic E-state index is 4.34. The number of aromatic amines is 1. The van der Waals surface area contributed by atoms with Crippen molar-refractivity contribution >= 4 is 0 Å². The minimum absolute atomic E-state index is 0.836. The van der Waals surface area contributed by atoms with Crippen LogP contribution in [-0.2, 0) is 6.42 Å². The van der Waals surface area contributed by atoms with Crippen LogP contribution in [-0.4, -0.2) is 9.97 Å². The molecule has 2 aliphatic carbocycles. The van der Waals surface area contributed by atoms with Gasteiger partial charge in [0.1, 0.15) is 5.82 Å². The normalized spacial score (nSPS) is 25.6. The molecule has 3 rings (SSSR count). The lowest BCUT2D eigenvalue weighted by atomic mass is 9.76. The van der Waals surface area contributed by atoms with Gasteiger partial charge in [0.15, 0.2) is 0 Å². The number of aromatic nitrogens is 2. The summed E-state index contributed by atoms with van der Waals surface area (Å²) < 4.78 is 0. The van der Waals surface area contributed by atoms with Crippen molar-refractivity contribution in [2.24, 2.45) is 5.92 Å². The van der Waals surface area contributed by atoms with E-state index in [2.05, 4.69) is 9.97 Å². The van der Waals surface area contributed by atoms with Gasteiger partial charge in [-0.15, -0.1) is 0 Å². The van der Waals surface area contributed by atoms with Gasteiger partial charge in [-0.05, 0) is 50.9 Å². The highest BCUT2D eigenvalue weighted by Crippen LogP contribution is 2.38. The number of hydrogen-bond donors (Lipinski definition) is 1. The van der Waals surface area contributed by atoms with Gasteiger partial charge in [-0.3, -0.25) is 0 Å². The van der Waals surface area contributed by atoms with E-state index in [0.29, 0.717) is 0 Å². The molecule has 0 fully saturated rings. The van der Waals surface area contributed by atoms with Gasteiger partial charge in [-0.1, -0.05) is 11.1 Å². The van der Waals surface area contributed by atoms with Crippen LogP contribution in [0.3, 0.4) is 0 Å². The van der Waals surface area contributed by atoms with Crippen LogP contribution in [0.1, 0.15) is 50.8 Å². The summed E-state index contributed by atoms with van der Waals surface area (Å²) in [5, 5.41) is 0. The molecule has 0 aliphatic heterocycles. The first kappa shape index (κ1) is 10.1. The zero-order valence-corrected chi connectivity index (χ0v) is 9.84. The van der Waals surface area contributed by atoms with Crippen LogP contribution < -0.4 is 0 Å². The zero-order chi connectivity index (χ0) is 10.8. The molecule has 16 heavy (non-hydrogen) atoms. The Kier molecular flexibility index (Phi) is 2.81. The lowest BCUT2D eigenvalue weighted by Gasteiger charge is -2.30. The van der Waals surface area contributed by atoms with Crippen molar-refractivity contribution in [2.75, 3.05) is 0 Å². The smallest absolute Gasteiger partial charge is 0.106 e. The highest BCUT2D eigenvalue weighted by Gasteiger charge is 2.23. The second-order valence-electron chi connectivity index (χ2n) is 5.26. The molecule has 0 amide bonds. The molecule has 2 aliphatic rings. The molecule has 2 nitrogen and oxygen atoms in total. The summed E-state index contributed by atoms with van der Waals surface area (Å²) in [7, 11) is 0. The highest BCUT2D eigenvalue weighted by molar-refractivity contribution is 5.20. The van der Waals surface area contributed by atoms with E-state index in [4.69, 9.17) is 0 Å². The first-order valence-electron chi connectivity index (χ1n) is 6.60. The van der Waals surface area contributed by atoms with Crippen molar-refractivity contribution in [1.82, 2.24) is 9.97 Å². The predicted octanol–water partition coefficient (Wildman–Crippen LogP) is 3.62. The number of imidazole rings is 1. The molecule has 0 spiro atoms. The van der Waals surface area contributed by atoms with E-state index < -0.39 is 0 Å². The van der Waals surface area contributed by atoms with Gasteiger partial charge in [0, 0.05) is 18.8 Å². The Morgan fingerprint density at radius 2 is 2.06 bits per heavy atom. The molecule has 86 valence electrons. The van der Waals surface area contributed by atoms with E-state index in [-0.39, 0.29) is 0 Å². The Morgan fingerprint density at radius 1 is 1.19 bits per heavy atom. The molecule has 1 unspecified atom stereocenters. The van der Waals surface area contributed by atoms with Gasteiger partial charge >= 0.3 is 0 Å². The second-order valence-corrected chi connectivity index (χ2v) is 5.26. The van der Waals surface area contributed by atoms with Gasteiger partial charge in [-0.25, -0.2) is 4.98 Å². The minimum Gasteiger partial charge on any atom is -0.349 e. The molecular weight excluding hydrogens is 196 g/mol. The van der Waals surface area contributed by atoms with Gasteiger partial charge in [0.05, 0.1) is 0 Å². The fourth-order valence-electron chi connectivity index (χ4n) is 3.26. The summed E-state index contributed by atoms with van der Waals surface area (Å²) in [4.78, 5) is 7.57. The quantitative estimate of drug-likeness (QED) is 0.751. The Hall–Kier alpha value is -1.05. The number of allylic oxidation sites excluding steroid dienone is 2. The van der Waals surface area contributed by atoms with Crippen molar-refractivity contribution in [3.05, 3.63) is 29.4 Å². The number of rotatable bonds is 2. The third kappa shape index (κ3) is 2.06. The molecule has 0 radical (unpaired) electrons. The number of nitrogens with zero attached hydrogens (tertiary/aromatic N) is 1. The summed E-state index contributed by atoms with van der Waals surface area (Å²) in [5.41, 5.74) is 3.61. The summed E-state index contributed by atoms with van der Waals surface area (Å²) in [6, 6.07) is 0. The molecule has 1 aromatic heterocycles. The Balaban J connectivity index is 1.66. The van der Waals surface area contributed by atoms with Crippen molar-refractivity contribution in [2.45, 2.75) is 51.4 Å². The largest absolute Gasteiger partial charge is 0.349 e. The molecule has 1 atom stereocenters. The topological polar surface area (TPSA) is 28.7 Å². The van der Waals surface area contributed by atoms with Gasteiger partial charge in [0.2, 0.25) is 0 Å². The monoisotopic (exact) mass is 216 g/mol. The molecule has 0 aromatic carbocycles. The van der Waals surface area contributed by atoms with E-state index in [1.165, 1.54) is 50.8 Å². The third-order valence-electron chi connectivity index (χ3n) is 4.13. The summed E-state index contributed by atoms with van der Waals surface area (Å²) in [5.74, 6) is 2.01. The average Bonchev–Trinajstić information content (AvgIpc) is 2.82. The molecule has 0 bridgehead atoms. The number of H-pyrrole nitrogens is 1. The summed E-state index contributed by atoms with van der Waals surface area (Å²) in [6.07, 6.45) is 14.6. The van der Waals surface area contributed by atoms with E-state index in [0.717, 1.165) is 12.3 Å². The van der Waals surface area contributed by atoms with Crippen LogP contribution in [0.4, 0.5) is 0 Å². The van der Waals surface area contributed by atoms with Crippen LogP contribution in [0.5, 0.6) is 0 Å². The molecular formula is C14H20N2. The van der Waals surface area contributed by atoms with Crippen molar-refractivity contribution < 1.29 is 0 Å². The zero-order valence-electron chi connectivity index (χ0n) is 9.84. The van der Waals surface area contributed by atoms with Crippen LogP contribution in [0.25, 0.3) is 0 Å². The molecule has 1 aromatic rings. The van der Waals surface area contributed by atoms with Gasteiger partial charge < -0.3 is 4.98 Å². The Bertz CT molecular complexity index is 375. The van der Waals surface area contributed by atoms with Gasteiger partial charge in [0.25, 0.3) is 0 Å². The first-order chi connectivity index (χ1) is 7.92. The van der Waals surface area contributed by atoms with Crippen LogP contribution in [0, 0.1) is 5.92 Å². The van der Waals surface area contributed by atoms with Crippen molar-refractivity contribution in [3.8, 4) is 0 Å². The Morgan fingerprint density at radius 3 is 2.88 bits per heavy atom. The van der Waals surface area contributed by atoms with Crippen molar-refractivity contribution in [1.29, 1.82) is 0 Å². The molecule has 2 heteroatoms. The molecule has 1 heterocycles. The summed E-state index contributed by atoms with van der Waals surface area (Å²) in [6.45, 7) is 0. The SMILES string of the molecule is c1c[nH]c(CC2CCC3=C(CCCC3)C2)n1. The van der Waals surface area contributed by atoms with Crippen LogP contribution >= 0.6 is 0 Å². The second kappa shape index (κ2) is 4.44. The average molecular weight is 216 g/mol. The van der Waals surface area contributed by atoms with Gasteiger partial charge in [-0.2, -0.15) is 0 Å². The lowest BCUT2D eigenvalue weighted by molar-refractivity contribution is 0.415. The Labute approximate surface area is 97.2 Å². The van der Waals surface area contributed by atoms with E-state index in [1.54, 1.807) is 5.57 Å². The predicted molar refractivity (Wildman–Crippen MR) is 65.1 cm³/mol. The maximum atomic E-state index is 4.34. The summed E-state index contributed by atoms with van der Waals surface area (Å²) >= 11 is 0. The van der Waals surface area contributed by atoms with Crippen LogP contribution in [0.2, 0.25) is 0 Å². The standard InChI is InChI=1S/C14H20N2/c1-2-4-13-9-11(5-6-12(13)3-1)10-14-15-7-8-16-14/h7-8,11H,1-6,9-10H2,(H,15,16). The van der Waals surface area contributed by atoms with E-state index >= 15 is 0 Å². The molecule has 0 saturated carbocycles. The molecule has 1 N–H and O–H groups in total.